The molecule has 1 aliphatic rings. The Kier molecular flexibility index (Phi) is 3.59. The summed E-state index contributed by atoms with van der Waals surface area (Å²) in [4.78, 5) is 11.6. The van der Waals surface area contributed by atoms with Gasteiger partial charge in [0, 0.05) is 13.0 Å². The molecule has 0 amide bonds. The zero-order chi connectivity index (χ0) is 11.5. The number of halogens is 1. The summed E-state index contributed by atoms with van der Waals surface area (Å²) in [7, 11) is 0. The Labute approximate surface area is 104 Å². The number of carbonyl (C=O) groups excluding carboxylic acids is 1. The van der Waals surface area contributed by atoms with Crippen molar-refractivity contribution >= 4 is 27.3 Å². The molecule has 1 aromatic heterocycles. The second-order valence-electron chi connectivity index (χ2n) is 4.00. The second-order valence-corrected chi connectivity index (χ2v) is 4.85. The highest BCUT2D eigenvalue weighted by atomic mass is 79.9. The third kappa shape index (κ3) is 2.26. The average molecular weight is 283 g/mol. The van der Waals surface area contributed by atoms with Crippen molar-refractivity contribution in [2.24, 2.45) is 0 Å². The average Bonchev–Trinajstić information content (AvgIpc) is 2.50. The molecule has 0 aromatic carbocycles. The summed E-state index contributed by atoms with van der Waals surface area (Å²) in [6, 6.07) is 0. The molecule has 3 nitrogen and oxygen atoms in total. The van der Waals surface area contributed by atoms with Crippen LogP contribution in [0.1, 0.15) is 38.3 Å². The maximum atomic E-state index is 11.6. The van der Waals surface area contributed by atoms with Crippen molar-refractivity contribution in [3.8, 4) is 0 Å². The smallest absolute Gasteiger partial charge is 0.156 e. The van der Waals surface area contributed by atoms with Crippen LogP contribution in [0.25, 0.3) is 5.57 Å². The maximum Gasteiger partial charge on any atom is 0.156 e. The van der Waals surface area contributed by atoms with E-state index in [1.54, 1.807) is 12.3 Å². The lowest BCUT2D eigenvalue weighted by Gasteiger charge is -2.08. The molecular formula is C12H15BrN2O. The monoisotopic (exact) mass is 282 g/mol. The van der Waals surface area contributed by atoms with Crippen LogP contribution in [-0.2, 0) is 11.3 Å². The molecule has 1 aliphatic carbocycles. The number of hydrogen-bond acceptors (Lipinski definition) is 2. The van der Waals surface area contributed by atoms with Crippen LogP contribution in [0.3, 0.4) is 0 Å². The molecule has 0 spiro atoms. The van der Waals surface area contributed by atoms with Gasteiger partial charge in [-0.3, -0.25) is 9.48 Å². The molecule has 0 saturated carbocycles. The first kappa shape index (κ1) is 11.6. The molecule has 1 heterocycles. The van der Waals surface area contributed by atoms with E-state index in [1.165, 1.54) is 0 Å². The number of rotatable bonds is 2. The van der Waals surface area contributed by atoms with E-state index in [0.29, 0.717) is 6.42 Å². The third-order valence-corrected chi connectivity index (χ3v) is 3.43. The molecule has 0 radical (unpaired) electrons. The standard InChI is InChI=1S/C12H15BrN2O/c1-2-15-12(11(13)8-14-15)9-5-3-4-6-10(16)7-9/h7-8H,2-6H2,1H3. The SMILES string of the molecule is CCn1ncc(Br)c1C1=CC(=O)CCCC1. The van der Waals surface area contributed by atoms with Crippen LogP contribution >= 0.6 is 15.9 Å². The first-order chi connectivity index (χ1) is 7.72. The molecule has 0 unspecified atom stereocenters. The normalized spacial score (nSPS) is 17.1. The number of aryl methyl sites for hydroxylation is 1. The van der Waals surface area contributed by atoms with E-state index in [4.69, 9.17) is 0 Å². The molecule has 0 bridgehead atoms. The molecule has 0 aliphatic heterocycles. The predicted molar refractivity (Wildman–Crippen MR) is 67.1 cm³/mol. The van der Waals surface area contributed by atoms with E-state index < -0.39 is 0 Å². The van der Waals surface area contributed by atoms with Gasteiger partial charge < -0.3 is 0 Å². The maximum absolute atomic E-state index is 11.6. The van der Waals surface area contributed by atoms with Crippen LogP contribution in [0, 0.1) is 0 Å². The fourth-order valence-corrected chi connectivity index (χ4v) is 2.61. The van der Waals surface area contributed by atoms with Crippen LogP contribution in [-0.4, -0.2) is 15.6 Å². The van der Waals surface area contributed by atoms with E-state index >= 15 is 0 Å². The Morgan fingerprint density at radius 3 is 2.94 bits per heavy atom. The fourth-order valence-electron chi connectivity index (χ4n) is 2.06. The third-order valence-electron chi connectivity index (χ3n) is 2.85. The molecule has 1 aromatic rings. The summed E-state index contributed by atoms with van der Waals surface area (Å²) < 4.78 is 2.92. The largest absolute Gasteiger partial charge is 0.295 e. The van der Waals surface area contributed by atoms with Gasteiger partial charge in [0.05, 0.1) is 16.4 Å². The van der Waals surface area contributed by atoms with Gasteiger partial charge in [-0.25, -0.2) is 0 Å². The summed E-state index contributed by atoms with van der Waals surface area (Å²) in [6.45, 7) is 2.88. The number of nitrogens with zero attached hydrogens (tertiary/aromatic N) is 2. The van der Waals surface area contributed by atoms with E-state index in [1.807, 2.05) is 4.68 Å². The first-order valence-electron chi connectivity index (χ1n) is 5.67. The van der Waals surface area contributed by atoms with Crippen molar-refractivity contribution in [1.82, 2.24) is 9.78 Å². The van der Waals surface area contributed by atoms with Crippen molar-refractivity contribution in [2.45, 2.75) is 39.2 Å². The van der Waals surface area contributed by atoms with Gasteiger partial charge in [0.25, 0.3) is 0 Å². The summed E-state index contributed by atoms with van der Waals surface area (Å²) in [5, 5.41) is 4.28. The lowest BCUT2D eigenvalue weighted by Crippen LogP contribution is -2.03. The predicted octanol–water partition coefficient (Wildman–Crippen LogP) is 3.19. The van der Waals surface area contributed by atoms with Gasteiger partial charge in [-0.05, 0) is 53.8 Å². The first-order valence-corrected chi connectivity index (χ1v) is 6.46. The lowest BCUT2D eigenvalue weighted by molar-refractivity contribution is -0.114. The van der Waals surface area contributed by atoms with Crippen molar-refractivity contribution in [3.63, 3.8) is 0 Å². The highest BCUT2D eigenvalue weighted by Crippen LogP contribution is 2.30. The molecule has 2 rings (SSSR count). The van der Waals surface area contributed by atoms with Gasteiger partial charge in [-0.1, -0.05) is 0 Å². The number of allylic oxidation sites excluding steroid dienone is 2. The number of aromatic nitrogens is 2. The van der Waals surface area contributed by atoms with Crippen molar-refractivity contribution < 1.29 is 4.79 Å². The van der Waals surface area contributed by atoms with Crippen molar-refractivity contribution in [1.29, 1.82) is 0 Å². The summed E-state index contributed by atoms with van der Waals surface area (Å²) in [5.41, 5.74) is 2.19. The van der Waals surface area contributed by atoms with Gasteiger partial charge in [0.15, 0.2) is 5.78 Å². The van der Waals surface area contributed by atoms with Crippen LogP contribution in [0.4, 0.5) is 0 Å². The molecule has 0 saturated heterocycles. The minimum atomic E-state index is 0.239. The Balaban J connectivity index is 2.41. The summed E-state index contributed by atoms with van der Waals surface area (Å²) in [6.07, 6.45) is 7.32. The molecule has 86 valence electrons. The topological polar surface area (TPSA) is 34.9 Å². The van der Waals surface area contributed by atoms with Crippen LogP contribution in [0.15, 0.2) is 16.7 Å². The van der Waals surface area contributed by atoms with Crippen molar-refractivity contribution in [3.05, 3.63) is 22.4 Å². The van der Waals surface area contributed by atoms with Gasteiger partial charge in [0.2, 0.25) is 0 Å². The van der Waals surface area contributed by atoms with Gasteiger partial charge in [-0.15, -0.1) is 0 Å². The molecule has 4 heteroatoms. The highest BCUT2D eigenvalue weighted by Gasteiger charge is 2.16. The zero-order valence-corrected chi connectivity index (χ0v) is 11.0. The van der Waals surface area contributed by atoms with Gasteiger partial charge in [0.1, 0.15) is 0 Å². The fraction of sp³-hybridized carbons (Fsp3) is 0.500. The van der Waals surface area contributed by atoms with E-state index in [2.05, 4.69) is 28.0 Å². The van der Waals surface area contributed by atoms with Crippen LogP contribution < -0.4 is 0 Å². The minimum absolute atomic E-state index is 0.239. The second kappa shape index (κ2) is 4.95. The summed E-state index contributed by atoms with van der Waals surface area (Å²) >= 11 is 3.50. The number of carbonyl (C=O) groups is 1. The molecule has 0 fully saturated rings. The molecule has 0 N–H and O–H groups in total. The Hall–Kier alpha value is -0.900. The molecule has 0 atom stereocenters. The van der Waals surface area contributed by atoms with E-state index in [-0.39, 0.29) is 5.78 Å². The highest BCUT2D eigenvalue weighted by molar-refractivity contribution is 9.10. The number of hydrogen-bond donors (Lipinski definition) is 0. The van der Waals surface area contributed by atoms with Crippen molar-refractivity contribution in [2.75, 3.05) is 0 Å². The quantitative estimate of drug-likeness (QED) is 0.835. The Bertz CT molecular complexity index is 434. The minimum Gasteiger partial charge on any atom is -0.295 e. The lowest BCUT2D eigenvalue weighted by atomic mass is 10.1. The van der Waals surface area contributed by atoms with E-state index in [0.717, 1.165) is 41.5 Å². The zero-order valence-electron chi connectivity index (χ0n) is 9.37. The van der Waals surface area contributed by atoms with Gasteiger partial charge >= 0.3 is 0 Å². The summed E-state index contributed by atoms with van der Waals surface area (Å²) in [5.74, 6) is 0.239. The number of ketones is 1. The Morgan fingerprint density at radius 2 is 2.19 bits per heavy atom. The van der Waals surface area contributed by atoms with Gasteiger partial charge in [-0.2, -0.15) is 5.10 Å². The van der Waals surface area contributed by atoms with Crippen LogP contribution in [0.2, 0.25) is 0 Å². The molecular weight excluding hydrogens is 268 g/mol. The van der Waals surface area contributed by atoms with E-state index in [9.17, 15) is 4.79 Å². The Morgan fingerprint density at radius 1 is 1.44 bits per heavy atom. The molecule has 16 heavy (non-hydrogen) atoms. The van der Waals surface area contributed by atoms with Crippen LogP contribution in [0.5, 0.6) is 0 Å².